The number of rotatable bonds is 8. The monoisotopic (exact) mass is 480 g/mol. The van der Waals surface area contributed by atoms with Gasteiger partial charge in [-0.2, -0.15) is 5.26 Å². The number of benzene rings is 2. The van der Waals surface area contributed by atoms with E-state index in [1.54, 1.807) is 6.07 Å². The quantitative estimate of drug-likeness (QED) is 0.484. The fourth-order valence-electron chi connectivity index (χ4n) is 4.18. The summed E-state index contributed by atoms with van der Waals surface area (Å²) < 4.78 is 5.73. The molecule has 1 fully saturated rings. The zero-order valence-electron chi connectivity index (χ0n) is 20.3. The predicted molar refractivity (Wildman–Crippen MR) is 133 cm³/mol. The van der Waals surface area contributed by atoms with E-state index in [1.165, 1.54) is 0 Å². The maximum absolute atomic E-state index is 13.4. The molecule has 0 aliphatic heterocycles. The molecule has 0 heterocycles. The summed E-state index contributed by atoms with van der Waals surface area (Å²) in [6, 6.07) is 17.0. The lowest BCUT2D eigenvalue weighted by Crippen LogP contribution is -2.50. The van der Waals surface area contributed by atoms with E-state index in [4.69, 9.17) is 16.3 Å². The van der Waals surface area contributed by atoms with Gasteiger partial charge in [0.2, 0.25) is 0 Å². The molecule has 0 bridgehead atoms. The van der Waals surface area contributed by atoms with Crippen LogP contribution in [0.2, 0.25) is 5.02 Å². The van der Waals surface area contributed by atoms with Crippen molar-refractivity contribution in [3.8, 4) is 6.07 Å². The first-order valence-electron chi connectivity index (χ1n) is 11.8. The van der Waals surface area contributed by atoms with Crippen LogP contribution in [-0.2, 0) is 20.7 Å². The number of esters is 1. The summed E-state index contributed by atoms with van der Waals surface area (Å²) in [6.45, 7) is 7.65. The summed E-state index contributed by atoms with van der Waals surface area (Å²) >= 11 is 6.06. The van der Waals surface area contributed by atoms with Gasteiger partial charge < -0.3 is 10.1 Å². The molecule has 3 unspecified atom stereocenters. The Hall–Kier alpha value is -2.84. The molecule has 0 radical (unpaired) electrons. The fourth-order valence-corrected chi connectivity index (χ4v) is 4.30. The van der Waals surface area contributed by atoms with Crippen molar-refractivity contribution in [2.24, 2.45) is 11.3 Å². The Kier molecular flexibility index (Phi) is 8.38. The molecule has 0 spiro atoms. The summed E-state index contributed by atoms with van der Waals surface area (Å²) in [4.78, 5) is 25.9. The maximum atomic E-state index is 13.4. The third kappa shape index (κ3) is 6.61. The third-order valence-corrected chi connectivity index (χ3v) is 6.74. The number of ether oxygens (including phenoxy) is 1. The van der Waals surface area contributed by atoms with Crippen LogP contribution >= 0.6 is 11.6 Å². The molecule has 6 heteroatoms. The Morgan fingerprint density at radius 2 is 1.85 bits per heavy atom. The van der Waals surface area contributed by atoms with E-state index >= 15 is 0 Å². The largest absolute Gasteiger partial charge is 0.451 e. The van der Waals surface area contributed by atoms with Crippen LogP contribution in [0, 0.1) is 22.7 Å². The van der Waals surface area contributed by atoms with E-state index in [2.05, 4.69) is 11.4 Å². The SMILES string of the molecule is CC(NC(=O)C(OC(=O)C1CCC1)C(C)(C)C)C(Cc1ccc(Cl)cc1)c1cccc(C#N)c1. The van der Waals surface area contributed by atoms with E-state index in [9.17, 15) is 14.9 Å². The maximum Gasteiger partial charge on any atom is 0.309 e. The Balaban J connectivity index is 1.82. The molecule has 1 N–H and O–H groups in total. The van der Waals surface area contributed by atoms with Gasteiger partial charge in [-0.15, -0.1) is 0 Å². The van der Waals surface area contributed by atoms with E-state index in [-0.39, 0.29) is 29.8 Å². The summed E-state index contributed by atoms with van der Waals surface area (Å²) in [5.74, 6) is -0.776. The van der Waals surface area contributed by atoms with Gasteiger partial charge in [0.05, 0.1) is 17.6 Å². The molecule has 0 aromatic heterocycles. The zero-order valence-corrected chi connectivity index (χ0v) is 21.1. The summed E-state index contributed by atoms with van der Waals surface area (Å²) in [6.07, 6.45) is 2.44. The highest BCUT2D eigenvalue weighted by molar-refractivity contribution is 6.30. The number of nitrogens with zero attached hydrogens (tertiary/aromatic N) is 1. The smallest absolute Gasteiger partial charge is 0.309 e. The Bertz CT molecular complexity index is 1050. The van der Waals surface area contributed by atoms with E-state index < -0.39 is 11.5 Å². The van der Waals surface area contributed by atoms with Gasteiger partial charge in [-0.05, 0) is 61.6 Å². The lowest BCUT2D eigenvalue weighted by atomic mass is 9.84. The lowest BCUT2D eigenvalue weighted by molar-refractivity contribution is -0.169. The highest BCUT2D eigenvalue weighted by Gasteiger charge is 2.39. The normalized spacial score (nSPS) is 16.5. The van der Waals surface area contributed by atoms with Gasteiger partial charge >= 0.3 is 5.97 Å². The molecule has 34 heavy (non-hydrogen) atoms. The number of carbonyl (C=O) groups excluding carboxylic acids is 2. The average molecular weight is 481 g/mol. The van der Waals surface area contributed by atoms with Crippen LogP contribution in [0.3, 0.4) is 0 Å². The molecule has 1 amide bonds. The highest BCUT2D eigenvalue weighted by atomic mass is 35.5. The Morgan fingerprint density at radius 3 is 2.41 bits per heavy atom. The second-order valence-corrected chi connectivity index (χ2v) is 10.7. The molecule has 0 saturated heterocycles. The van der Waals surface area contributed by atoms with Gasteiger partial charge in [0.15, 0.2) is 6.10 Å². The summed E-state index contributed by atoms with van der Waals surface area (Å²) in [7, 11) is 0. The van der Waals surface area contributed by atoms with Crippen molar-refractivity contribution in [3.63, 3.8) is 0 Å². The topological polar surface area (TPSA) is 79.2 Å². The predicted octanol–water partition coefficient (Wildman–Crippen LogP) is 5.80. The second-order valence-electron chi connectivity index (χ2n) is 10.3. The van der Waals surface area contributed by atoms with Crippen molar-refractivity contribution in [1.29, 1.82) is 5.26 Å². The third-order valence-electron chi connectivity index (χ3n) is 6.48. The van der Waals surface area contributed by atoms with Crippen molar-refractivity contribution in [2.75, 3.05) is 0 Å². The van der Waals surface area contributed by atoms with Gasteiger partial charge in [-0.25, -0.2) is 0 Å². The van der Waals surface area contributed by atoms with Crippen molar-refractivity contribution >= 4 is 23.5 Å². The minimum Gasteiger partial charge on any atom is -0.451 e. The first-order valence-corrected chi connectivity index (χ1v) is 12.2. The van der Waals surface area contributed by atoms with Crippen LogP contribution in [-0.4, -0.2) is 24.0 Å². The van der Waals surface area contributed by atoms with Crippen molar-refractivity contribution in [3.05, 3.63) is 70.2 Å². The summed E-state index contributed by atoms with van der Waals surface area (Å²) in [5, 5.41) is 13.2. The molecule has 2 aromatic rings. The molecule has 3 atom stereocenters. The van der Waals surface area contributed by atoms with Crippen LogP contribution in [0.25, 0.3) is 0 Å². The molecule has 1 saturated carbocycles. The van der Waals surface area contributed by atoms with E-state index in [0.717, 1.165) is 30.4 Å². The zero-order chi connectivity index (χ0) is 24.9. The standard InChI is InChI=1S/C28H33ClN2O3/c1-18(31-26(32)25(28(2,3)4)34-27(33)21-8-6-9-21)24(16-19-11-13-23(29)14-12-19)22-10-5-7-20(15-22)17-30/h5,7,10-15,18,21,24-25H,6,8-9,16H2,1-4H3,(H,31,32). The molecular weight excluding hydrogens is 448 g/mol. The number of hydrogen-bond donors (Lipinski definition) is 1. The van der Waals surface area contributed by atoms with Crippen molar-refractivity contribution < 1.29 is 14.3 Å². The minimum absolute atomic E-state index is 0.0959. The molecule has 1 aliphatic rings. The number of nitriles is 1. The molecule has 1 aliphatic carbocycles. The Morgan fingerprint density at radius 1 is 1.18 bits per heavy atom. The second kappa shape index (κ2) is 11.1. The highest BCUT2D eigenvalue weighted by Crippen LogP contribution is 2.31. The van der Waals surface area contributed by atoms with Gasteiger partial charge in [0.1, 0.15) is 0 Å². The average Bonchev–Trinajstić information content (AvgIpc) is 2.75. The molecular formula is C28H33ClN2O3. The van der Waals surface area contributed by atoms with Gasteiger partial charge in [0.25, 0.3) is 5.91 Å². The number of nitrogens with one attached hydrogen (secondary N) is 1. The van der Waals surface area contributed by atoms with Crippen molar-refractivity contribution in [1.82, 2.24) is 5.32 Å². The minimum atomic E-state index is -0.885. The molecule has 2 aromatic carbocycles. The first kappa shape index (κ1) is 25.8. The number of carbonyl (C=O) groups is 2. The number of hydrogen-bond acceptors (Lipinski definition) is 4. The molecule has 5 nitrogen and oxygen atoms in total. The van der Waals surface area contributed by atoms with Crippen molar-refractivity contribution in [2.45, 2.75) is 71.4 Å². The van der Waals surface area contributed by atoms with Crippen LogP contribution in [0.15, 0.2) is 48.5 Å². The van der Waals surface area contributed by atoms with Gasteiger partial charge in [0, 0.05) is 22.4 Å². The van der Waals surface area contributed by atoms with Crippen LogP contribution < -0.4 is 5.32 Å². The molecule has 3 rings (SSSR count). The molecule has 180 valence electrons. The number of amides is 1. The Labute approximate surface area is 207 Å². The van der Waals surface area contributed by atoms with E-state index in [1.807, 2.05) is 70.2 Å². The van der Waals surface area contributed by atoms with Crippen LogP contribution in [0.4, 0.5) is 0 Å². The van der Waals surface area contributed by atoms with Gasteiger partial charge in [-0.1, -0.05) is 63.1 Å². The lowest BCUT2D eigenvalue weighted by Gasteiger charge is -2.34. The van der Waals surface area contributed by atoms with Crippen LogP contribution in [0.1, 0.15) is 69.6 Å². The van der Waals surface area contributed by atoms with E-state index in [0.29, 0.717) is 17.0 Å². The van der Waals surface area contributed by atoms with Gasteiger partial charge in [-0.3, -0.25) is 9.59 Å². The first-order chi connectivity index (χ1) is 16.1. The summed E-state index contributed by atoms with van der Waals surface area (Å²) in [5.41, 5.74) is 2.05. The fraction of sp³-hybridized carbons (Fsp3) is 0.464. The van der Waals surface area contributed by atoms with Crippen LogP contribution in [0.5, 0.6) is 0 Å². The number of halogens is 1.